The van der Waals surface area contributed by atoms with E-state index in [0.717, 1.165) is 5.56 Å². The highest BCUT2D eigenvalue weighted by Crippen LogP contribution is 2.49. The van der Waals surface area contributed by atoms with E-state index in [4.69, 9.17) is 4.74 Å². The van der Waals surface area contributed by atoms with Crippen molar-refractivity contribution in [2.75, 3.05) is 0 Å². The van der Waals surface area contributed by atoms with E-state index < -0.39 is 9.20 Å². The van der Waals surface area contributed by atoms with Crippen LogP contribution in [0.15, 0.2) is 41.6 Å². The molecule has 4 nitrogen and oxygen atoms in total. The number of esters is 1. The predicted octanol–water partition coefficient (Wildman–Crippen LogP) is 4.07. The Morgan fingerprint density at radius 1 is 1.27 bits per heavy atom. The summed E-state index contributed by atoms with van der Waals surface area (Å²) in [4.78, 5) is 25.6. The molecule has 0 spiro atoms. The van der Waals surface area contributed by atoms with Gasteiger partial charge in [-0.3, -0.25) is 9.69 Å². The molecule has 118 valence electrons. The Morgan fingerprint density at radius 3 is 2.36 bits per heavy atom. The zero-order chi connectivity index (χ0) is 16.5. The first-order valence-corrected chi connectivity index (χ1v) is 9.01. The average molecular weight is 496 g/mol. The highest BCUT2D eigenvalue weighted by Gasteiger charge is 2.59. The summed E-state index contributed by atoms with van der Waals surface area (Å²) in [5.41, 5.74) is 1.87. The van der Waals surface area contributed by atoms with Gasteiger partial charge in [0.2, 0.25) is 0 Å². The Hall–Kier alpha value is -0.660. The van der Waals surface area contributed by atoms with Gasteiger partial charge in [-0.15, -0.1) is 0 Å². The number of β-lactam (4-membered cyclic amide) rings is 1. The summed E-state index contributed by atoms with van der Waals surface area (Å²) in [6.07, 6.45) is 0. The molecule has 1 aromatic rings. The van der Waals surface area contributed by atoms with E-state index in [1.54, 1.807) is 13.8 Å². The van der Waals surface area contributed by atoms with Gasteiger partial charge in [0.1, 0.15) is 17.3 Å². The van der Waals surface area contributed by atoms with Gasteiger partial charge in [0.25, 0.3) is 5.91 Å². The monoisotopic (exact) mass is 493 g/mol. The molecule has 0 N–H and O–H groups in total. The lowest BCUT2D eigenvalue weighted by Crippen LogP contribution is -2.65. The van der Waals surface area contributed by atoms with Crippen LogP contribution in [-0.4, -0.2) is 25.0 Å². The highest BCUT2D eigenvalue weighted by molar-refractivity contribution is 9.26. The zero-order valence-electron chi connectivity index (χ0n) is 12.0. The summed E-state index contributed by atoms with van der Waals surface area (Å²) >= 11 is 9.95. The number of hydrogen-bond acceptors (Lipinski definition) is 3. The molecule has 0 saturated carbocycles. The third-order valence-electron chi connectivity index (χ3n) is 3.15. The smallest absolute Gasteiger partial charge is 0.355 e. The average Bonchev–Trinajstić information content (AvgIpc) is 2.50. The maximum atomic E-state index is 12.4. The molecule has 0 aromatic heterocycles. The van der Waals surface area contributed by atoms with Gasteiger partial charge in [0, 0.05) is 0 Å². The fourth-order valence-corrected chi connectivity index (χ4v) is 3.39. The minimum atomic E-state index is -0.888. The standard InChI is InChI=1S/C15H14Br3NO3/c1-9(2)11(19-13(16)15(17,18)14(19)21)12(20)22-8-10-6-4-3-5-7-10/h3-7,13H,8H2,1-2H3. The van der Waals surface area contributed by atoms with Crippen LogP contribution in [0.5, 0.6) is 0 Å². The van der Waals surface area contributed by atoms with E-state index in [0.29, 0.717) is 5.57 Å². The molecule has 1 aromatic carbocycles. The number of benzene rings is 1. The number of rotatable bonds is 4. The van der Waals surface area contributed by atoms with Crippen LogP contribution in [0.25, 0.3) is 0 Å². The van der Waals surface area contributed by atoms with Crippen molar-refractivity contribution in [1.82, 2.24) is 4.90 Å². The topological polar surface area (TPSA) is 46.6 Å². The van der Waals surface area contributed by atoms with Crippen LogP contribution in [0.1, 0.15) is 19.4 Å². The second-order valence-electron chi connectivity index (χ2n) is 5.04. The minimum Gasteiger partial charge on any atom is -0.456 e. The number of ether oxygens (including phenoxy) is 1. The van der Waals surface area contributed by atoms with Gasteiger partial charge in [-0.2, -0.15) is 0 Å². The van der Waals surface area contributed by atoms with Crippen LogP contribution in [0.4, 0.5) is 0 Å². The summed E-state index contributed by atoms with van der Waals surface area (Å²) in [6.45, 7) is 3.71. The van der Waals surface area contributed by atoms with Crippen LogP contribution in [0.2, 0.25) is 0 Å². The largest absolute Gasteiger partial charge is 0.456 e. The number of amides is 1. The molecule has 1 atom stereocenters. The Balaban J connectivity index is 2.12. The number of hydrogen-bond donors (Lipinski definition) is 0. The molecule has 2 rings (SSSR count). The maximum absolute atomic E-state index is 12.4. The van der Waals surface area contributed by atoms with Crippen molar-refractivity contribution in [1.29, 1.82) is 0 Å². The number of allylic oxidation sites excluding steroid dienone is 1. The molecule has 1 fully saturated rings. The number of likely N-dealkylation sites (tertiary alicyclic amines) is 1. The molecule has 1 heterocycles. The molecule has 0 radical (unpaired) electrons. The molecule has 1 unspecified atom stereocenters. The van der Waals surface area contributed by atoms with Crippen molar-refractivity contribution in [3.05, 3.63) is 47.2 Å². The van der Waals surface area contributed by atoms with Crippen molar-refractivity contribution in [2.45, 2.75) is 28.6 Å². The number of alkyl halides is 3. The molecule has 1 saturated heterocycles. The van der Waals surface area contributed by atoms with Crippen molar-refractivity contribution in [2.24, 2.45) is 0 Å². The Kier molecular flexibility index (Phi) is 5.50. The molecular weight excluding hydrogens is 482 g/mol. The van der Waals surface area contributed by atoms with Gasteiger partial charge in [-0.05, 0) is 25.0 Å². The van der Waals surface area contributed by atoms with Crippen LogP contribution in [0, 0.1) is 0 Å². The fraction of sp³-hybridized carbons (Fsp3) is 0.333. The SMILES string of the molecule is CC(C)=C(C(=O)OCc1ccccc1)N1C(=O)C(Br)(Br)C1Br. The summed E-state index contributed by atoms with van der Waals surface area (Å²) in [5, 5.41) is 0. The summed E-state index contributed by atoms with van der Waals surface area (Å²) in [7, 11) is 0. The normalized spacial score (nSPS) is 19.4. The van der Waals surface area contributed by atoms with E-state index in [1.165, 1.54) is 4.90 Å². The first kappa shape index (κ1) is 17.7. The molecule has 1 aliphatic heterocycles. The summed E-state index contributed by atoms with van der Waals surface area (Å²) in [6, 6.07) is 9.40. The van der Waals surface area contributed by atoms with E-state index in [2.05, 4.69) is 47.8 Å². The van der Waals surface area contributed by atoms with E-state index >= 15 is 0 Å². The quantitative estimate of drug-likeness (QED) is 0.208. The molecule has 1 aliphatic rings. The van der Waals surface area contributed by atoms with Gasteiger partial charge < -0.3 is 4.74 Å². The van der Waals surface area contributed by atoms with Gasteiger partial charge in [-0.1, -0.05) is 78.1 Å². The van der Waals surface area contributed by atoms with Crippen LogP contribution in [0.3, 0.4) is 0 Å². The predicted molar refractivity (Wildman–Crippen MR) is 94.8 cm³/mol. The Labute approximate surface area is 154 Å². The van der Waals surface area contributed by atoms with E-state index in [-0.39, 0.29) is 23.2 Å². The Bertz CT molecular complexity index is 624. The second-order valence-corrected chi connectivity index (χ2v) is 9.48. The summed E-state index contributed by atoms with van der Waals surface area (Å²) in [5.74, 6) is -0.764. The number of carbonyl (C=O) groups excluding carboxylic acids is 2. The molecule has 1 amide bonds. The van der Waals surface area contributed by atoms with Crippen LogP contribution < -0.4 is 0 Å². The van der Waals surface area contributed by atoms with E-state index in [1.807, 2.05) is 30.3 Å². The number of carbonyl (C=O) groups is 2. The third-order valence-corrected chi connectivity index (χ3v) is 7.02. The van der Waals surface area contributed by atoms with Gasteiger partial charge >= 0.3 is 5.97 Å². The van der Waals surface area contributed by atoms with Gasteiger partial charge in [0.05, 0.1) is 0 Å². The highest BCUT2D eigenvalue weighted by atomic mass is 79.9. The number of nitrogens with zero attached hydrogens (tertiary/aromatic N) is 1. The second kappa shape index (κ2) is 6.84. The zero-order valence-corrected chi connectivity index (χ0v) is 16.7. The lowest BCUT2D eigenvalue weighted by atomic mass is 10.1. The molecule has 22 heavy (non-hydrogen) atoms. The van der Waals surface area contributed by atoms with Crippen molar-refractivity contribution < 1.29 is 14.3 Å². The van der Waals surface area contributed by atoms with Gasteiger partial charge in [-0.25, -0.2) is 4.79 Å². The molecule has 7 heteroatoms. The Morgan fingerprint density at radius 2 is 1.86 bits per heavy atom. The first-order valence-electron chi connectivity index (χ1n) is 6.51. The van der Waals surface area contributed by atoms with Gasteiger partial charge in [0.15, 0.2) is 3.23 Å². The van der Waals surface area contributed by atoms with Crippen molar-refractivity contribution >= 4 is 59.7 Å². The van der Waals surface area contributed by atoms with Crippen molar-refractivity contribution in [3.8, 4) is 0 Å². The van der Waals surface area contributed by atoms with Crippen LogP contribution >= 0.6 is 47.8 Å². The van der Waals surface area contributed by atoms with E-state index in [9.17, 15) is 9.59 Å². The third kappa shape index (κ3) is 3.31. The lowest BCUT2D eigenvalue weighted by molar-refractivity contribution is -0.149. The van der Waals surface area contributed by atoms with Crippen molar-refractivity contribution in [3.63, 3.8) is 0 Å². The maximum Gasteiger partial charge on any atom is 0.355 e. The van der Waals surface area contributed by atoms with Crippen LogP contribution in [-0.2, 0) is 20.9 Å². The number of halogens is 3. The summed E-state index contributed by atoms with van der Waals surface area (Å²) < 4.78 is 4.44. The lowest BCUT2D eigenvalue weighted by Gasteiger charge is -2.47. The molecule has 0 aliphatic carbocycles. The first-order chi connectivity index (χ1) is 10.3. The molecular formula is C15H14Br3NO3. The fourth-order valence-electron chi connectivity index (χ4n) is 2.01. The minimum absolute atomic E-state index is 0.166. The molecule has 0 bridgehead atoms.